The van der Waals surface area contributed by atoms with Crippen molar-refractivity contribution < 1.29 is 13.5 Å². The summed E-state index contributed by atoms with van der Waals surface area (Å²) < 4.78 is 21.9. The summed E-state index contributed by atoms with van der Waals surface area (Å²) in [6.45, 7) is 6.98. The molecule has 2 atom stereocenters. The number of hydrogen-bond acceptors (Lipinski definition) is 3. The minimum Gasteiger partial charge on any atom is -0.390 e. The van der Waals surface area contributed by atoms with Crippen LogP contribution < -0.4 is 0 Å². The Labute approximate surface area is 88.6 Å². The Hall–Kier alpha value is 0.390. The van der Waals surface area contributed by atoms with Crippen molar-refractivity contribution in [3.63, 3.8) is 0 Å². The normalized spacial score (nSPS) is 18.3. The first-order valence-corrected chi connectivity index (χ1v) is 6.79. The van der Waals surface area contributed by atoms with E-state index >= 15 is 0 Å². The van der Waals surface area contributed by atoms with Gasteiger partial charge in [-0.15, -0.1) is 0 Å². The average molecular weight is 273 g/mol. The maximum absolute atomic E-state index is 11.4. The predicted molar refractivity (Wildman–Crippen MR) is 57.6 cm³/mol. The van der Waals surface area contributed by atoms with Gasteiger partial charge < -0.3 is 5.11 Å². The Morgan fingerprint density at radius 1 is 1.38 bits per heavy atom. The number of sulfone groups is 1. The van der Waals surface area contributed by atoms with E-state index in [4.69, 9.17) is 0 Å². The van der Waals surface area contributed by atoms with E-state index in [-0.39, 0.29) is 5.75 Å². The van der Waals surface area contributed by atoms with Crippen molar-refractivity contribution in [1.82, 2.24) is 0 Å². The Bertz CT molecular complexity index is 253. The number of rotatable bonds is 3. The fourth-order valence-corrected chi connectivity index (χ4v) is 3.45. The van der Waals surface area contributed by atoms with Crippen LogP contribution in [0.25, 0.3) is 0 Å². The van der Waals surface area contributed by atoms with Gasteiger partial charge in [0, 0.05) is 5.75 Å². The van der Waals surface area contributed by atoms with Crippen LogP contribution in [-0.2, 0) is 9.84 Å². The van der Waals surface area contributed by atoms with Crippen LogP contribution in [-0.4, -0.2) is 29.5 Å². The molecule has 0 aromatic carbocycles. The van der Waals surface area contributed by atoms with Crippen LogP contribution in [0.4, 0.5) is 0 Å². The highest BCUT2D eigenvalue weighted by Crippen LogP contribution is 2.28. The molecule has 0 saturated heterocycles. The summed E-state index contributed by atoms with van der Waals surface area (Å²) in [6, 6.07) is 0. The maximum atomic E-state index is 11.4. The fourth-order valence-electron chi connectivity index (χ4n) is 0.749. The fraction of sp³-hybridized carbons (Fsp3) is 1.00. The van der Waals surface area contributed by atoms with Crippen LogP contribution in [0, 0.1) is 5.41 Å². The second kappa shape index (κ2) is 4.28. The lowest BCUT2D eigenvalue weighted by atomic mass is 9.90. The molecule has 0 aliphatic carbocycles. The van der Waals surface area contributed by atoms with Gasteiger partial charge in [0.15, 0.2) is 9.84 Å². The van der Waals surface area contributed by atoms with Crippen LogP contribution in [0.2, 0.25) is 0 Å². The van der Waals surface area contributed by atoms with E-state index in [1.165, 1.54) is 0 Å². The van der Waals surface area contributed by atoms with E-state index in [9.17, 15) is 13.5 Å². The minimum absolute atomic E-state index is 0.0378. The summed E-state index contributed by atoms with van der Waals surface area (Å²) in [5.41, 5.74) is -0.434. The van der Waals surface area contributed by atoms with Gasteiger partial charge in [0.1, 0.15) is 4.16 Å². The molecule has 0 amide bonds. The smallest absolute Gasteiger partial charge is 0.165 e. The van der Waals surface area contributed by atoms with Crippen molar-refractivity contribution in [2.45, 2.75) is 38.0 Å². The Kier molecular flexibility index (Phi) is 4.40. The molecule has 0 aromatic rings. The van der Waals surface area contributed by atoms with E-state index in [0.717, 1.165) is 0 Å². The number of hydrogen-bond donors (Lipinski definition) is 1. The minimum atomic E-state index is -3.21. The standard InChI is InChI=1S/C8H17BrO3S/c1-5-13(11,12)7(9)6(10)8(2,3)4/h6-7,10H,5H2,1-4H3/t6-,7+/m0/s1. The highest BCUT2D eigenvalue weighted by molar-refractivity contribution is 9.11. The molecule has 0 fully saturated rings. The van der Waals surface area contributed by atoms with Crippen LogP contribution in [0.5, 0.6) is 0 Å². The summed E-state index contributed by atoms with van der Waals surface area (Å²) in [5, 5.41) is 9.69. The predicted octanol–water partition coefficient (Wildman–Crippen LogP) is 1.55. The van der Waals surface area contributed by atoms with Gasteiger partial charge in [-0.1, -0.05) is 43.6 Å². The molecule has 1 N–H and O–H groups in total. The molecule has 0 spiro atoms. The lowest BCUT2D eigenvalue weighted by Gasteiger charge is -2.29. The first-order valence-electron chi connectivity index (χ1n) is 4.16. The van der Waals surface area contributed by atoms with Crippen molar-refractivity contribution in [2.24, 2.45) is 5.41 Å². The van der Waals surface area contributed by atoms with E-state index in [1.807, 2.05) is 0 Å². The van der Waals surface area contributed by atoms with Crippen molar-refractivity contribution in [1.29, 1.82) is 0 Å². The average Bonchev–Trinajstić information content (AvgIpc) is 2.00. The molecular weight excluding hydrogens is 256 g/mol. The molecule has 5 heteroatoms. The number of halogens is 1. The molecule has 0 aliphatic heterocycles. The lowest BCUT2D eigenvalue weighted by molar-refractivity contribution is 0.0772. The molecule has 0 saturated carbocycles. The molecule has 0 bridgehead atoms. The number of aliphatic hydroxyl groups excluding tert-OH is 1. The van der Waals surface area contributed by atoms with Crippen molar-refractivity contribution in [3.8, 4) is 0 Å². The lowest BCUT2D eigenvalue weighted by Crippen LogP contribution is -2.39. The van der Waals surface area contributed by atoms with Crippen LogP contribution in [0.15, 0.2) is 0 Å². The third-order valence-electron chi connectivity index (χ3n) is 1.88. The quantitative estimate of drug-likeness (QED) is 0.794. The zero-order valence-electron chi connectivity index (χ0n) is 8.41. The van der Waals surface area contributed by atoms with Gasteiger partial charge >= 0.3 is 0 Å². The van der Waals surface area contributed by atoms with Crippen molar-refractivity contribution >= 4 is 25.8 Å². The summed E-state index contributed by atoms with van der Waals surface area (Å²) in [6.07, 6.45) is -0.891. The number of alkyl halides is 1. The summed E-state index contributed by atoms with van der Waals surface area (Å²) >= 11 is 3.02. The first-order chi connectivity index (χ1) is 5.63. The van der Waals surface area contributed by atoms with Crippen molar-refractivity contribution in [2.75, 3.05) is 5.75 Å². The first kappa shape index (κ1) is 13.4. The Balaban J connectivity index is 4.73. The third-order valence-corrected chi connectivity index (χ3v) is 5.84. The molecule has 0 heterocycles. The molecule has 0 radical (unpaired) electrons. The largest absolute Gasteiger partial charge is 0.390 e. The topological polar surface area (TPSA) is 54.4 Å². The van der Waals surface area contributed by atoms with Crippen molar-refractivity contribution in [3.05, 3.63) is 0 Å². The van der Waals surface area contributed by atoms with Crippen LogP contribution in [0.3, 0.4) is 0 Å². The number of aliphatic hydroxyl groups is 1. The molecule has 0 aromatic heterocycles. The molecule has 0 aliphatic rings. The van der Waals surface area contributed by atoms with Gasteiger partial charge in [-0.2, -0.15) is 0 Å². The van der Waals surface area contributed by atoms with E-state index in [0.29, 0.717) is 0 Å². The van der Waals surface area contributed by atoms with Gasteiger partial charge in [0.2, 0.25) is 0 Å². The van der Waals surface area contributed by atoms with Gasteiger partial charge in [0.25, 0.3) is 0 Å². The SMILES string of the molecule is CCS(=O)(=O)[C@@H](Br)[C@H](O)C(C)(C)C. The van der Waals surface area contributed by atoms with Gasteiger partial charge in [0.05, 0.1) is 6.10 Å². The zero-order valence-corrected chi connectivity index (χ0v) is 10.8. The molecule has 80 valence electrons. The summed E-state index contributed by atoms with van der Waals surface area (Å²) in [4.78, 5) is 0. The third kappa shape index (κ3) is 3.56. The Morgan fingerprint density at radius 3 is 2.00 bits per heavy atom. The van der Waals surface area contributed by atoms with Gasteiger partial charge in [-0.05, 0) is 5.41 Å². The van der Waals surface area contributed by atoms with Crippen LogP contribution in [0.1, 0.15) is 27.7 Å². The molecular formula is C8H17BrO3S. The van der Waals surface area contributed by atoms with E-state index < -0.39 is 25.5 Å². The molecule has 0 rings (SSSR count). The second-order valence-corrected chi connectivity index (χ2v) is 8.12. The van der Waals surface area contributed by atoms with Gasteiger partial charge in [-0.25, -0.2) is 8.42 Å². The molecule has 0 unspecified atom stereocenters. The Morgan fingerprint density at radius 2 is 1.77 bits per heavy atom. The second-order valence-electron chi connectivity index (χ2n) is 4.11. The van der Waals surface area contributed by atoms with Crippen LogP contribution >= 0.6 is 15.9 Å². The van der Waals surface area contributed by atoms with E-state index in [1.54, 1.807) is 27.7 Å². The summed E-state index contributed by atoms with van der Waals surface area (Å²) in [5.74, 6) is 0.0378. The van der Waals surface area contributed by atoms with E-state index in [2.05, 4.69) is 15.9 Å². The highest BCUT2D eigenvalue weighted by atomic mass is 79.9. The van der Waals surface area contributed by atoms with Gasteiger partial charge in [-0.3, -0.25) is 0 Å². The zero-order chi connectivity index (χ0) is 10.9. The molecule has 3 nitrogen and oxygen atoms in total. The highest BCUT2D eigenvalue weighted by Gasteiger charge is 2.36. The molecule has 13 heavy (non-hydrogen) atoms. The summed E-state index contributed by atoms with van der Waals surface area (Å²) in [7, 11) is -3.21. The monoisotopic (exact) mass is 272 g/mol. The maximum Gasteiger partial charge on any atom is 0.165 e.